The fourth-order valence-corrected chi connectivity index (χ4v) is 3.70. The molecule has 9 heteroatoms. The Bertz CT molecular complexity index is 877. The second kappa shape index (κ2) is 13.3. The molecular formula is C23H35IN6O2. The van der Waals surface area contributed by atoms with Crippen LogP contribution in [0.4, 0.5) is 4.79 Å². The number of imidazole rings is 1. The van der Waals surface area contributed by atoms with Crippen molar-refractivity contribution in [2.75, 3.05) is 26.2 Å². The maximum atomic E-state index is 11.9. The SMILES string of the molecule is CCNC(=NCc1cccc(Cn2ccnc2C)c1)NC1CCN(C(=O)OCC)CC1.I. The molecule has 0 unspecified atom stereocenters. The van der Waals surface area contributed by atoms with E-state index in [0.29, 0.717) is 32.3 Å². The van der Waals surface area contributed by atoms with Gasteiger partial charge in [0.2, 0.25) is 0 Å². The third-order valence-electron chi connectivity index (χ3n) is 5.39. The van der Waals surface area contributed by atoms with Crippen molar-refractivity contribution in [1.29, 1.82) is 0 Å². The van der Waals surface area contributed by atoms with Gasteiger partial charge >= 0.3 is 6.09 Å². The molecule has 176 valence electrons. The van der Waals surface area contributed by atoms with E-state index in [1.165, 1.54) is 11.1 Å². The minimum atomic E-state index is -0.215. The topological polar surface area (TPSA) is 83.8 Å². The number of amides is 1. The van der Waals surface area contributed by atoms with Gasteiger partial charge in [-0.2, -0.15) is 0 Å². The number of aromatic nitrogens is 2. The molecular weight excluding hydrogens is 519 g/mol. The first-order valence-electron chi connectivity index (χ1n) is 11.1. The van der Waals surface area contributed by atoms with Crippen LogP contribution in [0.5, 0.6) is 0 Å². The lowest BCUT2D eigenvalue weighted by Gasteiger charge is -2.32. The van der Waals surface area contributed by atoms with Gasteiger partial charge in [0.05, 0.1) is 13.2 Å². The van der Waals surface area contributed by atoms with Gasteiger partial charge in [0.25, 0.3) is 0 Å². The van der Waals surface area contributed by atoms with E-state index in [1.807, 2.05) is 26.2 Å². The molecule has 0 saturated carbocycles. The lowest BCUT2D eigenvalue weighted by molar-refractivity contribution is 0.0963. The van der Waals surface area contributed by atoms with Gasteiger partial charge in [-0.25, -0.2) is 14.8 Å². The predicted molar refractivity (Wildman–Crippen MR) is 137 cm³/mol. The van der Waals surface area contributed by atoms with Crippen LogP contribution >= 0.6 is 24.0 Å². The smallest absolute Gasteiger partial charge is 0.409 e. The van der Waals surface area contributed by atoms with E-state index in [2.05, 4.69) is 51.4 Å². The molecule has 2 N–H and O–H groups in total. The Morgan fingerprint density at radius 3 is 2.66 bits per heavy atom. The summed E-state index contributed by atoms with van der Waals surface area (Å²) in [6, 6.07) is 8.81. The van der Waals surface area contributed by atoms with Crippen LogP contribution in [0, 0.1) is 6.92 Å². The fourth-order valence-electron chi connectivity index (χ4n) is 3.70. The minimum absolute atomic E-state index is 0. The maximum Gasteiger partial charge on any atom is 0.409 e. The summed E-state index contributed by atoms with van der Waals surface area (Å²) < 4.78 is 7.23. The van der Waals surface area contributed by atoms with E-state index in [1.54, 1.807) is 4.90 Å². The van der Waals surface area contributed by atoms with Gasteiger partial charge in [-0.3, -0.25) is 0 Å². The summed E-state index contributed by atoms with van der Waals surface area (Å²) in [7, 11) is 0. The van der Waals surface area contributed by atoms with Crippen molar-refractivity contribution in [3.05, 3.63) is 53.6 Å². The molecule has 32 heavy (non-hydrogen) atoms. The van der Waals surface area contributed by atoms with Crippen molar-refractivity contribution in [2.45, 2.75) is 52.7 Å². The van der Waals surface area contributed by atoms with E-state index in [9.17, 15) is 4.79 Å². The molecule has 1 amide bonds. The quantitative estimate of drug-likeness (QED) is 0.311. The van der Waals surface area contributed by atoms with Crippen LogP contribution in [-0.2, 0) is 17.8 Å². The van der Waals surface area contributed by atoms with Crippen LogP contribution in [0.2, 0.25) is 0 Å². The summed E-state index contributed by atoms with van der Waals surface area (Å²) >= 11 is 0. The number of carbonyl (C=O) groups excluding carboxylic acids is 1. The second-order valence-electron chi connectivity index (χ2n) is 7.72. The summed E-state index contributed by atoms with van der Waals surface area (Å²) in [4.78, 5) is 22.7. The molecule has 1 aromatic heterocycles. The number of aryl methyl sites for hydroxylation is 1. The van der Waals surface area contributed by atoms with E-state index >= 15 is 0 Å². The highest BCUT2D eigenvalue weighted by Gasteiger charge is 2.24. The Balaban J connectivity index is 0.00000363. The predicted octanol–water partition coefficient (Wildman–Crippen LogP) is 3.53. The van der Waals surface area contributed by atoms with Crippen LogP contribution in [0.1, 0.15) is 43.6 Å². The third kappa shape index (κ3) is 7.68. The van der Waals surface area contributed by atoms with Gasteiger partial charge < -0.3 is 24.8 Å². The number of nitrogens with one attached hydrogen (secondary N) is 2. The van der Waals surface area contributed by atoms with Gasteiger partial charge in [-0.15, -0.1) is 24.0 Å². The van der Waals surface area contributed by atoms with Crippen molar-refractivity contribution in [1.82, 2.24) is 25.1 Å². The van der Waals surface area contributed by atoms with Crippen LogP contribution in [0.3, 0.4) is 0 Å². The zero-order valence-electron chi connectivity index (χ0n) is 19.2. The van der Waals surface area contributed by atoms with E-state index in [4.69, 9.17) is 9.73 Å². The number of benzene rings is 1. The maximum absolute atomic E-state index is 11.9. The number of aliphatic imine (C=N–C) groups is 1. The van der Waals surface area contributed by atoms with Crippen LogP contribution in [-0.4, -0.2) is 58.8 Å². The molecule has 3 rings (SSSR count). The number of hydrogen-bond donors (Lipinski definition) is 2. The monoisotopic (exact) mass is 554 g/mol. The number of guanidine groups is 1. The standard InChI is InChI=1S/C23H34N6O2.HI/c1-4-24-22(27-21-9-12-28(13-10-21)23(30)31-5-2)26-16-19-7-6-8-20(15-19)17-29-14-11-25-18(29)3;/h6-8,11,14-15,21H,4-5,9-10,12-13,16-17H2,1-3H3,(H2,24,26,27);1H. The van der Waals surface area contributed by atoms with Gasteiger partial charge in [-0.05, 0) is 44.7 Å². The summed E-state index contributed by atoms with van der Waals surface area (Å²) in [6.45, 7) is 9.94. The Hall–Kier alpha value is -2.30. The number of carbonyl (C=O) groups is 1. The fraction of sp³-hybridized carbons (Fsp3) is 0.522. The molecule has 1 aliphatic rings. The average Bonchev–Trinajstić information content (AvgIpc) is 3.17. The second-order valence-corrected chi connectivity index (χ2v) is 7.72. The number of nitrogens with zero attached hydrogens (tertiary/aromatic N) is 4. The minimum Gasteiger partial charge on any atom is -0.450 e. The molecule has 1 aromatic carbocycles. The molecule has 0 radical (unpaired) electrons. The first-order valence-corrected chi connectivity index (χ1v) is 11.1. The van der Waals surface area contributed by atoms with E-state index in [-0.39, 0.29) is 30.1 Å². The molecule has 0 atom stereocenters. The Labute approximate surface area is 207 Å². The molecule has 1 aliphatic heterocycles. The number of hydrogen-bond acceptors (Lipinski definition) is 4. The lowest BCUT2D eigenvalue weighted by Crippen LogP contribution is -2.49. The van der Waals surface area contributed by atoms with Gasteiger partial charge in [-0.1, -0.05) is 24.3 Å². The van der Waals surface area contributed by atoms with Gasteiger partial charge in [0.1, 0.15) is 5.82 Å². The zero-order chi connectivity index (χ0) is 22.1. The number of ether oxygens (including phenoxy) is 1. The lowest BCUT2D eigenvalue weighted by atomic mass is 10.1. The Kier molecular flexibility index (Phi) is 10.8. The number of halogens is 1. The molecule has 2 aromatic rings. The molecule has 2 heterocycles. The number of rotatable bonds is 7. The molecule has 0 aliphatic carbocycles. The summed E-state index contributed by atoms with van der Waals surface area (Å²) in [5, 5.41) is 6.86. The molecule has 0 bridgehead atoms. The number of likely N-dealkylation sites (tertiary alicyclic amines) is 1. The van der Waals surface area contributed by atoms with Gasteiger partial charge in [0.15, 0.2) is 5.96 Å². The normalized spacial score (nSPS) is 14.6. The van der Waals surface area contributed by atoms with Crippen molar-refractivity contribution in [2.24, 2.45) is 4.99 Å². The van der Waals surface area contributed by atoms with E-state index in [0.717, 1.165) is 37.7 Å². The summed E-state index contributed by atoms with van der Waals surface area (Å²) in [5.74, 6) is 1.82. The molecule has 1 fully saturated rings. The third-order valence-corrected chi connectivity index (χ3v) is 5.39. The average molecular weight is 554 g/mol. The Morgan fingerprint density at radius 2 is 2.00 bits per heavy atom. The highest BCUT2D eigenvalue weighted by Crippen LogP contribution is 2.12. The first kappa shape index (κ1) is 26.0. The highest BCUT2D eigenvalue weighted by molar-refractivity contribution is 14.0. The van der Waals surface area contributed by atoms with Crippen molar-refractivity contribution < 1.29 is 9.53 Å². The summed E-state index contributed by atoms with van der Waals surface area (Å²) in [5.41, 5.74) is 2.41. The van der Waals surface area contributed by atoms with Crippen molar-refractivity contribution >= 4 is 36.0 Å². The first-order chi connectivity index (χ1) is 15.1. The molecule has 0 spiro atoms. The van der Waals surface area contributed by atoms with Crippen LogP contribution in [0.15, 0.2) is 41.7 Å². The largest absolute Gasteiger partial charge is 0.450 e. The summed E-state index contributed by atoms with van der Waals surface area (Å²) in [6.07, 6.45) is 5.37. The van der Waals surface area contributed by atoms with Crippen molar-refractivity contribution in [3.8, 4) is 0 Å². The highest BCUT2D eigenvalue weighted by atomic mass is 127. The van der Waals surface area contributed by atoms with Crippen LogP contribution in [0.25, 0.3) is 0 Å². The number of piperidine rings is 1. The van der Waals surface area contributed by atoms with Crippen molar-refractivity contribution in [3.63, 3.8) is 0 Å². The van der Waals surface area contributed by atoms with Crippen LogP contribution < -0.4 is 10.6 Å². The van der Waals surface area contributed by atoms with E-state index < -0.39 is 0 Å². The molecule has 1 saturated heterocycles. The zero-order valence-corrected chi connectivity index (χ0v) is 21.5. The molecule has 8 nitrogen and oxygen atoms in total. The van der Waals surface area contributed by atoms with Gasteiger partial charge in [0, 0.05) is 44.6 Å². The Morgan fingerprint density at radius 1 is 1.25 bits per heavy atom.